The first-order chi connectivity index (χ1) is 8.15. The molecular formula is C15H31N3. The lowest BCUT2D eigenvalue weighted by Crippen LogP contribution is -2.61. The third kappa shape index (κ3) is 2.59. The molecule has 3 heteroatoms. The van der Waals surface area contributed by atoms with Crippen molar-refractivity contribution in [3.63, 3.8) is 0 Å². The molecule has 1 spiro atoms. The number of likely N-dealkylation sites (tertiary alicyclic amines) is 1. The van der Waals surface area contributed by atoms with E-state index in [0.29, 0.717) is 11.1 Å². The molecule has 0 aliphatic carbocycles. The van der Waals surface area contributed by atoms with Crippen molar-refractivity contribution in [2.75, 3.05) is 26.3 Å². The maximum absolute atomic E-state index is 3.60. The predicted octanol–water partition coefficient (Wildman–Crippen LogP) is 2.28. The van der Waals surface area contributed by atoms with Gasteiger partial charge < -0.3 is 5.32 Å². The van der Waals surface area contributed by atoms with Crippen molar-refractivity contribution in [1.82, 2.24) is 15.1 Å². The molecule has 2 rings (SSSR count). The summed E-state index contributed by atoms with van der Waals surface area (Å²) in [5.74, 6) is 0. The molecular weight excluding hydrogens is 222 g/mol. The summed E-state index contributed by atoms with van der Waals surface area (Å²) < 4.78 is 0. The quantitative estimate of drug-likeness (QED) is 0.714. The zero-order valence-electron chi connectivity index (χ0n) is 13.1. The number of nitrogens with one attached hydrogen (secondary N) is 1. The van der Waals surface area contributed by atoms with Gasteiger partial charge in [-0.25, -0.2) is 0 Å². The Morgan fingerprint density at radius 3 is 1.89 bits per heavy atom. The minimum atomic E-state index is 0.271. The monoisotopic (exact) mass is 253 g/mol. The highest BCUT2D eigenvalue weighted by Crippen LogP contribution is 2.37. The predicted molar refractivity (Wildman–Crippen MR) is 77.8 cm³/mol. The normalized spacial score (nSPS) is 27.0. The van der Waals surface area contributed by atoms with Crippen LogP contribution in [0, 0.1) is 0 Å². The highest BCUT2D eigenvalue weighted by Gasteiger charge is 2.47. The lowest BCUT2D eigenvalue weighted by Gasteiger charge is -2.51. The fourth-order valence-corrected chi connectivity index (χ4v) is 3.65. The summed E-state index contributed by atoms with van der Waals surface area (Å²) in [6.07, 6.45) is 2.60. The first kappa shape index (κ1) is 14.3. The van der Waals surface area contributed by atoms with Gasteiger partial charge >= 0.3 is 0 Å². The highest BCUT2D eigenvalue weighted by molar-refractivity contribution is 5.05. The van der Waals surface area contributed by atoms with E-state index in [1.54, 1.807) is 0 Å². The van der Waals surface area contributed by atoms with Crippen molar-refractivity contribution in [1.29, 1.82) is 0 Å². The molecule has 2 heterocycles. The van der Waals surface area contributed by atoms with Crippen molar-refractivity contribution in [3.8, 4) is 0 Å². The Kier molecular flexibility index (Phi) is 3.54. The van der Waals surface area contributed by atoms with E-state index in [1.165, 1.54) is 32.5 Å². The molecule has 2 aliphatic rings. The average molecular weight is 253 g/mol. The summed E-state index contributed by atoms with van der Waals surface area (Å²) in [5.41, 5.74) is 0.994. The third-order valence-corrected chi connectivity index (χ3v) is 4.75. The van der Waals surface area contributed by atoms with Crippen LogP contribution in [-0.4, -0.2) is 52.7 Å². The van der Waals surface area contributed by atoms with E-state index in [4.69, 9.17) is 0 Å². The Bertz CT molecular complexity index is 290. The van der Waals surface area contributed by atoms with Gasteiger partial charge in [0, 0.05) is 42.9 Å². The molecule has 0 atom stereocenters. The van der Waals surface area contributed by atoms with Crippen LogP contribution in [0.2, 0.25) is 0 Å². The number of hydrogen-bond donors (Lipinski definition) is 1. The Hall–Kier alpha value is -0.120. The molecule has 0 radical (unpaired) electrons. The van der Waals surface area contributed by atoms with Crippen LogP contribution >= 0.6 is 0 Å². The number of hydrogen-bond acceptors (Lipinski definition) is 3. The third-order valence-electron chi connectivity index (χ3n) is 4.75. The van der Waals surface area contributed by atoms with E-state index >= 15 is 0 Å². The van der Waals surface area contributed by atoms with Gasteiger partial charge in [0.15, 0.2) is 0 Å². The molecule has 2 fully saturated rings. The minimum absolute atomic E-state index is 0.271. The van der Waals surface area contributed by atoms with E-state index in [2.05, 4.69) is 56.7 Å². The fraction of sp³-hybridized carbons (Fsp3) is 1.00. The molecule has 0 aromatic carbocycles. The zero-order chi connectivity index (χ0) is 13.6. The Morgan fingerprint density at radius 1 is 0.889 bits per heavy atom. The summed E-state index contributed by atoms with van der Waals surface area (Å²) in [4.78, 5) is 5.33. The van der Waals surface area contributed by atoms with Crippen LogP contribution in [0.15, 0.2) is 0 Å². The van der Waals surface area contributed by atoms with Crippen LogP contribution in [0.5, 0.6) is 0 Å². The smallest absolute Gasteiger partial charge is 0.0492 e. The lowest BCUT2D eigenvalue weighted by molar-refractivity contribution is -0.0179. The summed E-state index contributed by atoms with van der Waals surface area (Å²) in [5, 5.41) is 3.60. The highest BCUT2D eigenvalue weighted by atomic mass is 15.4. The molecule has 18 heavy (non-hydrogen) atoms. The van der Waals surface area contributed by atoms with Gasteiger partial charge in [0.05, 0.1) is 0 Å². The lowest BCUT2D eigenvalue weighted by atomic mass is 9.82. The molecule has 0 amide bonds. The molecule has 3 nitrogen and oxygen atoms in total. The van der Waals surface area contributed by atoms with Crippen LogP contribution in [-0.2, 0) is 0 Å². The van der Waals surface area contributed by atoms with E-state index in [0.717, 1.165) is 6.67 Å². The molecule has 0 aromatic heterocycles. The van der Waals surface area contributed by atoms with Crippen LogP contribution in [0.1, 0.15) is 54.4 Å². The van der Waals surface area contributed by atoms with Crippen molar-refractivity contribution in [3.05, 3.63) is 0 Å². The maximum atomic E-state index is 3.60. The topological polar surface area (TPSA) is 18.5 Å². The van der Waals surface area contributed by atoms with Crippen LogP contribution in [0.3, 0.4) is 0 Å². The van der Waals surface area contributed by atoms with E-state index in [-0.39, 0.29) is 5.54 Å². The van der Waals surface area contributed by atoms with Crippen molar-refractivity contribution in [2.24, 2.45) is 0 Å². The van der Waals surface area contributed by atoms with E-state index < -0.39 is 0 Å². The van der Waals surface area contributed by atoms with Gasteiger partial charge in [-0.05, 0) is 54.4 Å². The standard InChI is InChI=1S/C15H31N3/c1-13(2,3)17-9-7-15(8-10-17)11-16-12-18(15)14(4,5)6/h16H,7-12H2,1-6H3. The second kappa shape index (κ2) is 4.46. The summed E-state index contributed by atoms with van der Waals surface area (Å²) in [6.45, 7) is 18.7. The Balaban J connectivity index is 2.07. The first-order valence-electron chi connectivity index (χ1n) is 7.39. The van der Waals surface area contributed by atoms with Gasteiger partial charge in [-0.3, -0.25) is 9.80 Å². The zero-order valence-corrected chi connectivity index (χ0v) is 13.1. The van der Waals surface area contributed by atoms with Crippen LogP contribution in [0.4, 0.5) is 0 Å². The van der Waals surface area contributed by atoms with E-state index in [9.17, 15) is 0 Å². The summed E-state index contributed by atoms with van der Waals surface area (Å²) in [7, 11) is 0. The number of rotatable bonds is 0. The first-order valence-corrected chi connectivity index (χ1v) is 7.39. The second-order valence-corrected chi connectivity index (χ2v) is 8.07. The molecule has 0 aromatic rings. The van der Waals surface area contributed by atoms with Crippen molar-refractivity contribution in [2.45, 2.75) is 71.0 Å². The van der Waals surface area contributed by atoms with Crippen molar-refractivity contribution < 1.29 is 0 Å². The SMILES string of the molecule is CC(C)(C)N1CCC2(CC1)CNCN2C(C)(C)C. The second-order valence-electron chi connectivity index (χ2n) is 8.07. The fourth-order valence-electron chi connectivity index (χ4n) is 3.65. The molecule has 2 aliphatic heterocycles. The molecule has 2 saturated heterocycles. The largest absolute Gasteiger partial charge is 0.302 e. The molecule has 0 saturated carbocycles. The van der Waals surface area contributed by atoms with Crippen molar-refractivity contribution >= 4 is 0 Å². The minimum Gasteiger partial charge on any atom is -0.302 e. The maximum Gasteiger partial charge on any atom is 0.0492 e. The number of piperidine rings is 1. The van der Waals surface area contributed by atoms with Gasteiger partial charge in [-0.2, -0.15) is 0 Å². The van der Waals surface area contributed by atoms with Gasteiger partial charge in [0.2, 0.25) is 0 Å². The average Bonchev–Trinajstić information content (AvgIpc) is 2.60. The number of nitrogens with zero attached hydrogens (tertiary/aromatic N) is 2. The van der Waals surface area contributed by atoms with Gasteiger partial charge in [-0.1, -0.05) is 0 Å². The van der Waals surface area contributed by atoms with E-state index in [1.807, 2.05) is 0 Å². The van der Waals surface area contributed by atoms with Gasteiger partial charge in [0.25, 0.3) is 0 Å². The molecule has 106 valence electrons. The van der Waals surface area contributed by atoms with Crippen LogP contribution in [0.25, 0.3) is 0 Å². The molecule has 1 N–H and O–H groups in total. The summed E-state index contributed by atoms with van der Waals surface area (Å²) >= 11 is 0. The van der Waals surface area contributed by atoms with Crippen LogP contribution < -0.4 is 5.32 Å². The molecule has 0 bridgehead atoms. The Labute approximate surface area is 113 Å². The molecule has 0 unspecified atom stereocenters. The van der Waals surface area contributed by atoms with Gasteiger partial charge in [-0.15, -0.1) is 0 Å². The summed E-state index contributed by atoms with van der Waals surface area (Å²) in [6, 6.07) is 0. The Morgan fingerprint density at radius 2 is 1.44 bits per heavy atom. The van der Waals surface area contributed by atoms with Gasteiger partial charge in [0.1, 0.15) is 0 Å².